The molecule has 2 N–H and O–H groups in total. The van der Waals surface area contributed by atoms with Crippen molar-refractivity contribution in [3.8, 4) is 27.6 Å². The zero-order valence-electron chi connectivity index (χ0n) is 16.3. The van der Waals surface area contributed by atoms with E-state index in [1.54, 1.807) is 29.9 Å². The summed E-state index contributed by atoms with van der Waals surface area (Å²) in [7, 11) is 0. The molecule has 1 atom stereocenters. The lowest BCUT2D eigenvalue weighted by atomic mass is 10.1. The van der Waals surface area contributed by atoms with Gasteiger partial charge in [-0.05, 0) is 30.3 Å². The van der Waals surface area contributed by atoms with Crippen molar-refractivity contribution in [3.05, 3.63) is 84.3 Å². The van der Waals surface area contributed by atoms with Crippen LogP contribution in [0.5, 0.6) is 5.75 Å². The quantitative estimate of drug-likeness (QED) is 0.401. The molecule has 0 fully saturated rings. The van der Waals surface area contributed by atoms with Crippen LogP contribution in [0.15, 0.2) is 78.7 Å². The minimum atomic E-state index is -0.583. The molecular formula is C23H22N4O2S. The maximum Gasteiger partial charge on any atom is 0.125 e. The van der Waals surface area contributed by atoms with Crippen molar-refractivity contribution in [2.24, 2.45) is 0 Å². The van der Waals surface area contributed by atoms with Gasteiger partial charge < -0.3 is 15.2 Å². The molecular weight excluding hydrogens is 396 g/mol. The van der Waals surface area contributed by atoms with Crippen molar-refractivity contribution >= 4 is 11.3 Å². The Morgan fingerprint density at radius 3 is 2.63 bits per heavy atom. The average Bonchev–Trinajstić information content (AvgIpc) is 3.31. The van der Waals surface area contributed by atoms with E-state index in [9.17, 15) is 5.11 Å². The van der Waals surface area contributed by atoms with E-state index in [0.29, 0.717) is 19.7 Å². The predicted molar refractivity (Wildman–Crippen MR) is 118 cm³/mol. The summed E-state index contributed by atoms with van der Waals surface area (Å²) in [4.78, 5) is 12.9. The molecule has 0 saturated heterocycles. The number of aromatic nitrogens is 3. The molecule has 3 heterocycles. The van der Waals surface area contributed by atoms with E-state index in [0.717, 1.165) is 33.1 Å². The van der Waals surface area contributed by atoms with Crippen LogP contribution in [0.25, 0.3) is 21.8 Å². The van der Waals surface area contributed by atoms with E-state index in [1.165, 1.54) is 0 Å². The highest BCUT2D eigenvalue weighted by Gasteiger charge is 2.08. The first-order valence-corrected chi connectivity index (χ1v) is 10.6. The van der Waals surface area contributed by atoms with Gasteiger partial charge in [0.05, 0.1) is 11.8 Å². The third-order valence-corrected chi connectivity index (χ3v) is 5.39. The lowest BCUT2D eigenvalue weighted by Crippen LogP contribution is -2.26. The van der Waals surface area contributed by atoms with Crippen LogP contribution >= 0.6 is 11.3 Å². The normalized spacial score (nSPS) is 11.9. The predicted octanol–water partition coefficient (Wildman–Crippen LogP) is 3.97. The molecule has 0 aliphatic rings. The van der Waals surface area contributed by atoms with E-state index in [1.807, 2.05) is 60.1 Å². The minimum Gasteiger partial charge on any atom is -0.492 e. The summed E-state index contributed by atoms with van der Waals surface area (Å²) in [6.45, 7) is 1.58. The number of benzene rings is 1. The summed E-state index contributed by atoms with van der Waals surface area (Å²) in [6.07, 6.45) is 6.36. The van der Waals surface area contributed by atoms with Gasteiger partial charge in [0.1, 0.15) is 17.4 Å². The summed E-state index contributed by atoms with van der Waals surface area (Å²) < 4.78 is 5.86. The Kier molecular flexibility index (Phi) is 6.76. The molecule has 6 nitrogen and oxygen atoms in total. The zero-order valence-corrected chi connectivity index (χ0v) is 17.1. The van der Waals surface area contributed by atoms with Crippen LogP contribution in [0.2, 0.25) is 0 Å². The number of aliphatic hydroxyl groups excluding tert-OH is 1. The number of nitrogens with one attached hydrogen (secondary N) is 1. The van der Waals surface area contributed by atoms with Gasteiger partial charge in [-0.1, -0.05) is 18.2 Å². The average molecular weight is 419 g/mol. The third-order valence-electron chi connectivity index (χ3n) is 4.50. The molecule has 4 rings (SSSR count). The number of rotatable bonds is 9. The third kappa shape index (κ3) is 5.27. The summed E-state index contributed by atoms with van der Waals surface area (Å²) in [6, 6.07) is 15.5. The van der Waals surface area contributed by atoms with E-state index in [4.69, 9.17) is 9.72 Å². The van der Waals surface area contributed by atoms with Gasteiger partial charge in [-0.3, -0.25) is 9.97 Å². The number of aliphatic hydroxyl groups is 1. The Bertz CT molecular complexity index is 1060. The van der Waals surface area contributed by atoms with Gasteiger partial charge in [-0.15, -0.1) is 11.3 Å². The molecule has 4 aromatic rings. The van der Waals surface area contributed by atoms with Crippen molar-refractivity contribution in [3.63, 3.8) is 0 Å². The second-order valence-corrected chi connectivity index (χ2v) is 7.52. The number of thiazole rings is 1. The zero-order chi connectivity index (χ0) is 20.6. The molecule has 0 saturated carbocycles. The van der Waals surface area contributed by atoms with Crippen molar-refractivity contribution in [1.82, 2.24) is 20.3 Å². The highest BCUT2D eigenvalue weighted by Crippen LogP contribution is 2.30. The van der Waals surface area contributed by atoms with Crippen LogP contribution in [-0.2, 0) is 0 Å². The first kappa shape index (κ1) is 20.2. The largest absolute Gasteiger partial charge is 0.492 e. The van der Waals surface area contributed by atoms with Gasteiger partial charge in [-0.2, -0.15) is 0 Å². The first-order chi connectivity index (χ1) is 14.8. The highest BCUT2D eigenvalue weighted by atomic mass is 32.1. The molecule has 0 bridgehead atoms. The fourth-order valence-corrected chi connectivity index (χ4v) is 3.76. The molecule has 3 aromatic heterocycles. The maximum atomic E-state index is 10.1. The van der Waals surface area contributed by atoms with Gasteiger partial charge in [-0.25, -0.2) is 4.98 Å². The van der Waals surface area contributed by atoms with E-state index >= 15 is 0 Å². The highest BCUT2D eigenvalue weighted by molar-refractivity contribution is 7.13. The van der Waals surface area contributed by atoms with Crippen molar-refractivity contribution in [1.29, 1.82) is 0 Å². The minimum absolute atomic E-state index is 0.449. The maximum absolute atomic E-state index is 10.1. The van der Waals surface area contributed by atoms with Crippen LogP contribution in [0.4, 0.5) is 0 Å². The molecule has 0 aliphatic carbocycles. The van der Waals surface area contributed by atoms with Gasteiger partial charge in [0, 0.05) is 59.9 Å². The summed E-state index contributed by atoms with van der Waals surface area (Å²) in [5.41, 5.74) is 3.74. The summed E-state index contributed by atoms with van der Waals surface area (Å²) in [5, 5.41) is 16.3. The lowest BCUT2D eigenvalue weighted by Gasteiger charge is -2.12. The lowest BCUT2D eigenvalue weighted by molar-refractivity contribution is 0.171. The summed E-state index contributed by atoms with van der Waals surface area (Å²) >= 11 is 1.60. The molecule has 1 aromatic carbocycles. The Morgan fingerprint density at radius 2 is 1.83 bits per heavy atom. The Hall–Kier alpha value is -3.13. The number of pyridine rings is 2. The van der Waals surface area contributed by atoms with Crippen molar-refractivity contribution in [2.45, 2.75) is 6.10 Å². The molecule has 0 unspecified atom stereocenters. The fraction of sp³-hybridized carbons (Fsp3) is 0.174. The van der Waals surface area contributed by atoms with Crippen LogP contribution in [-0.4, -0.2) is 39.8 Å². The van der Waals surface area contributed by atoms with Gasteiger partial charge in [0.15, 0.2) is 0 Å². The Balaban J connectivity index is 1.28. The van der Waals surface area contributed by atoms with Crippen molar-refractivity contribution in [2.75, 3.05) is 19.7 Å². The van der Waals surface area contributed by atoms with Gasteiger partial charge in [0.2, 0.25) is 0 Å². The molecule has 30 heavy (non-hydrogen) atoms. The second kappa shape index (κ2) is 10.1. The molecule has 0 spiro atoms. The van der Waals surface area contributed by atoms with Gasteiger partial charge >= 0.3 is 0 Å². The Labute approximate surface area is 179 Å². The number of hydrogen-bond donors (Lipinski definition) is 2. The smallest absolute Gasteiger partial charge is 0.125 e. The molecule has 0 amide bonds. The fourth-order valence-electron chi connectivity index (χ4n) is 2.94. The van der Waals surface area contributed by atoms with E-state index in [-0.39, 0.29) is 0 Å². The number of hydrogen-bond acceptors (Lipinski definition) is 7. The second-order valence-electron chi connectivity index (χ2n) is 6.66. The van der Waals surface area contributed by atoms with Crippen LogP contribution in [0, 0.1) is 0 Å². The molecule has 152 valence electrons. The number of ether oxygens (including phenoxy) is 1. The Morgan fingerprint density at radius 1 is 1.00 bits per heavy atom. The number of nitrogens with zero attached hydrogens (tertiary/aromatic N) is 3. The van der Waals surface area contributed by atoms with Crippen LogP contribution < -0.4 is 10.1 Å². The molecule has 0 aliphatic heterocycles. The standard InChI is InChI=1S/C23H22N4O2S/c28-22(18-5-2-8-24-13-18)15-26-10-11-29-20-7-1-4-17(12-20)21-16-30-23(27-21)19-6-3-9-25-14-19/h1-9,12-14,16,22,26,28H,10-11,15H2/t22-/m0/s1. The monoisotopic (exact) mass is 418 g/mol. The van der Waals surface area contributed by atoms with Gasteiger partial charge in [0.25, 0.3) is 0 Å². The topological polar surface area (TPSA) is 80.2 Å². The van der Waals surface area contributed by atoms with Crippen LogP contribution in [0.1, 0.15) is 11.7 Å². The molecule has 0 radical (unpaired) electrons. The molecule has 7 heteroatoms. The van der Waals surface area contributed by atoms with Crippen LogP contribution in [0.3, 0.4) is 0 Å². The van der Waals surface area contributed by atoms with E-state index < -0.39 is 6.10 Å². The SMILES string of the molecule is O[C@@H](CNCCOc1cccc(-c2csc(-c3cccnc3)n2)c1)c1cccnc1. The van der Waals surface area contributed by atoms with Crippen molar-refractivity contribution < 1.29 is 9.84 Å². The van der Waals surface area contributed by atoms with E-state index in [2.05, 4.69) is 15.3 Å². The first-order valence-electron chi connectivity index (χ1n) is 9.67. The summed E-state index contributed by atoms with van der Waals surface area (Å²) in [5.74, 6) is 0.790.